The zero-order chi connectivity index (χ0) is 24.1. The highest BCUT2D eigenvalue weighted by molar-refractivity contribution is 6.05. The highest BCUT2D eigenvalue weighted by atomic mass is 16.2. The molecule has 0 atom stereocenters. The Morgan fingerprint density at radius 3 is 2.32 bits per heavy atom. The number of nitrogens with one attached hydrogen (secondary N) is 3. The molecule has 4 aromatic rings. The van der Waals surface area contributed by atoms with E-state index in [2.05, 4.69) is 33.1 Å². The Balaban J connectivity index is 1.53. The van der Waals surface area contributed by atoms with E-state index in [1.807, 2.05) is 0 Å². The van der Waals surface area contributed by atoms with Gasteiger partial charge in [0.15, 0.2) is 5.69 Å². The minimum Gasteiger partial charge on any atom is -0.273 e. The van der Waals surface area contributed by atoms with E-state index >= 15 is 0 Å². The molecule has 2 aromatic carbocycles. The molecule has 10 heteroatoms. The Morgan fingerprint density at radius 1 is 0.912 bits per heavy atom. The summed E-state index contributed by atoms with van der Waals surface area (Å²) in [6, 6.07) is 13.6. The molecule has 0 fully saturated rings. The van der Waals surface area contributed by atoms with Crippen molar-refractivity contribution in [2.75, 3.05) is 0 Å². The first kappa shape index (κ1) is 22.8. The van der Waals surface area contributed by atoms with Crippen molar-refractivity contribution in [3.8, 4) is 0 Å². The molecule has 4 rings (SSSR count). The highest BCUT2D eigenvalue weighted by Crippen LogP contribution is 2.14. The summed E-state index contributed by atoms with van der Waals surface area (Å²) in [7, 11) is 0. The quantitative estimate of drug-likeness (QED) is 0.284. The van der Waals surface area contributed by atoms with E-state index in [0.29, 0.717) is 33.8 Å². The van der Waals surface area contributed by atoms with Crippen molar-refractivity contribution >= 4 is 33.4 Å². The second-order valence-electron chi connectivity index (χ2n) is 7.85. The molecule has 0 aliphatic rings. The number of aromatic nitrogens is 4. The number of rotatable bonds is 7. The third kappa shape index (κ3) is 4.70. The molecule has 0 unspecified atom stereocenters. The van der Waals surface area contributed by atoms with E-state index in [1.54, 1.807) is 48.5 Å². The normalized spacial score (nSPS) is 11.0. The molecule has 2 heterocycles. The number of carbonyl (C=O) groups excluding carboxylic acids is 2. The molecular formula is C24H24N6O4. The Bertz CT molecular complexity index is 1490. The number of aromatic amines is 1. The molecule has 34 heavy (non-hydrogen) atoms. The monoisotopic (exact) mass is 460 g/mol. The van der Waals surface area contributed by atoms with Gasteiger partial charge in [-0.2, -0.15) is 10.2 Å². The lowest BCUT2D eigenvalue weighted by molar-refractivity contribution is -0.121. The van der Waals surface area contributed by atoms with Crippen molar-refractivity contribution in [2.24, 2.45) is 0 Å². The van der Waals surface area contributed by atoms with Crippen LogP contribution >= 0.6 is 0 Å². The molecule has 0 saturated heterocycles. The lowest BCUT2D eigenvalue weighted by Gasteiger charge is -2.12. The Morgan fingerprint density at radius 2 is 1.59 bits per heavy atom. The number of unbranched alkanes of at least 4 members (excludes halogenated alkanes) is 2. The van der Waals surface area contributed by atoms with Crippen molar-refractivity contribution in [1.82, 2.24) is 30.8 Å². The maximum Gasteiger partial charge on any atom is 0.290 e. The van der Waals surface area contributed by atoms with Crippen LogP contribution in [0.3, 0.4) is 0 Å². The first-order valence-corrected chi connectivity index (χ1v) is 11.0. The fraction of sp³-hybridized carbons (Fsp3) is 0.250. The zero-order valence-corrected chi connectivity index (χ0v) is 18.6. The van der Waals surface area contributed by atoms with Gasteiger partial charge in [-0.1, -0.05) is 56.2 Å². The summed E-state index contributed by atoms with van der Waals surface area (Å²) in [5.41, 5.74) is 4.53. The van der Waals surface area contributed by atoms with Crippen LogP contribution in [0.4, 0.5) is 0 Å². The van der Waals surface area contributed by atoms with E-state index in [0.717, 1.165) is 19.3 Å². The largest absolute Gasteiger partial charge is 0.290 e. The van der Waals surface area contributed by atoms with Crippen molar-refractivity contribution in [3.05, 3.63) is 80.6 Å². The molecule has 2 amide bonds. The average molecular weight is 460 g/mol. The van der Waals surface area contributed by atoms with Crippen molar-refractivity contribution in [3.63, 3.8) is 0 Å². The van der Waals surface area contributed by atoms with Gasteiger partial charge in [-0.3, -0.25) is 30.0 Å². The van der Waals surface area contributed by atoms with E-state index in [4.69, 9.17) is 0 Å². The minimum atomic E-state index is -0.645. The number of benzene rings is 2. The van der Waals surface area contributed by atoms with E-state index in [9.17, 15) is 19.2 Å². The maximum atomic E-state index is 12.9. The van der Waals surface area contributed by atoms with Crippen LogP contribution in [-0.2, 0) is 17.8 Å². The van der Waals surface area contributed by atoms with Crippen LogP contribution in [0.25, 0.3) is 21.5 Å². The predicted octanol–water partition coefficient (Wildman–Crippen LogP) is 1.83. The van der Waals surface area contributed by atoms with Gasteiger partial charge in [-0.15, -0.1) is 0 Å². The molecule has 2 aromatic heterocycles. The van der Waals surface area contributed by atoms with Gasteiger partial charge in [0.05, 0.1) is 22.9 Å². The summed E-state index contributed by atoms with van der Waals surface area (Å²) < 4.78 is 1.30. The van der Waals surface area contributed by atoms with Gasteiger partial charge < -0.3 is 0 Å². The smallest absolute Gasteiger partial charge is 0.273 e. The SMILES string of the molecule is CCCCCn1nc(C(=O)NNC(=O)Cc2n[nH]c(=O)c3ccccc23)c2ccccc2c1=O. The number of H-pyrrole nitrogens is 1. The number of hydrogen-bond acceptors (Lipinski definition) is 6. The summed E-state index contributed by atoms with van der Waals surface area (Å²) in [6.07, 6.45) is 2.52. The lowest BCUT2D eigenvalue weighted by atomic mass is 10.1. The standard InChI is InChI=1S/C24H24N6O4/c1-2-3-8-13-30-24(34)18-12-7-5-10-16(18)21(29-30)23(33)28-26-20(31)14-19-15-9-4-6-11-17(15)22(32)27-25-19/h4-7,9-12H,2-3,8,13-14H2,1H3,(H,26,31)(H,27,32)(H,28,33). The molecular weight excluding hydrogens is 436 g/mol. The fourth-order valence-electron chi connectivity index (χ4n) is 3.75. The molecule has 3 N–H and O–H groups in total. The third-order valence-corrected chi connectivity index (χ3v) is 5.47. The van der Waals surface area contributed by atoms with E-state index < -0.39 is 11.8 Å². The van der Waals surface area contributed by atoms with Crippen LogP contribution in [0.1, 0.15) is 42.4 Å². The summed E-state index contributed by atoms with van der Waals surface area (Å²) in [4.78, 5) is 50.1. The van der Waals surface area contributed by atoms with Crippen LogP contribution in [0.15, 0.2) is 58.1 Å². The summed E-state index contributed by atoms with van der Waals surface area (Å²) in [5, 5.41) is 12.4. The maximum absolute atomic E-state index is 12.9. The van der Waals surface area contributed by atoms with E-state index in [1.165, 1.54) is 4.68 Å². The van der Waals surface area contributed by atoms with Gasteiger partial charge >= 0.3 is 0 Å². The molecule has 174 valence electrons. The number of hydrazine groups is 1. The predicted molar refractivity (Wildman–Crippen MR) is 127 cm³/mol. The van der Waals surface area contributed by atoms with Crippen molar-refractivity contribution < 1.29 is 9.59 Å². The van der Waals surface area contributed by atoms with Gasteiger partial charge in [-0.05, 0) is 18.6 Å². The van der Waals surface area contributed by atoms with Gasteiger partial charge in [0.2, 0.25) is 5.91 Å². The summed E-state index contributed by atoms with van der Waals surface area (Å²) in [6.45, 7) is 2.46. The van der Waals surface area contributed by atoms with E-state index in [-0.39, 0.29) is 23.2 Å². The second kappa shape index (κ2) is 10.1. The van der Waals surface area contributed by atoms with Crippen molar-refractivity contribution in [2.45, 2.75) is 39.2 Å². The van der Waals surface area contributed by atoms with Crippen LogP contribution < -0.4 is 22.0 Å². The average Bonchev–Trinajstić information content (AvgIpc) is 2.86. The van der Waals surface area contributed by atoms with Crippen molar-refractivity contribution in [1.29, 1.82) is 0 Å². The van der Waals surface area contributed by atoms with Crippen LogP contribution in [0.5, 0.6) is 0 Å². The molecule has 0 aliphatic heterocycles. The number of hydrogen-bond donors (Lipinski definition) is 3. The Hall–Kier alpha value is -4.34. The van der Waals surface area contributed by atoms with Gasteiger partial charge in [0, 0.05) is 17.3 Å². The topological polar surface area (TPSA) is 139 Å². The van der Waals surface area contributed by atoms with Gasteiger partial charge in [0.25, 0.3) is 17.0 Å². The molecule has 0 spiro atoms. The first-order valence-electron chi connectivity index (χ1n) is 11.0. The van der Waals surface area contributed by atoms with Crippen LogP contribution in [-0.4, -0.2) is 31.8 Å². The number of aryl methyl sites for hydroxylation is 1. The van der Waals surface area contributed by atoms with Gasteiger partial charge in [-0.25, -0.2) is 9.78 Å². The number of fused-ring (bicyclic) bond motifs is 2. The zero-order valence-electron chi connectivity index (χ0n) is 18.6. The Kier molecular flexibility index (Phi) is 6.77. The number of nitrogens with zero attached hydrogens (tertiary/aromatic N) is 3. The molecule has 0 radical (unpaired) electrons. The summed E-state index contributed by atoms with van der Waals surface area (Å²) in [5.74, 6) is -1.17. The number of amides is 2. The fourth-order valence-corrected chi connectivity index (χ4v) is 3.75. The highest BCUT2D eigenvalue weighted by Gasteiger charge is 2.18. The van der Waals surface area contributed by atoms with Gasteiger partial charge in [0.1, 0.15) is 0 Å². The third-order valence-electron chi connectivity index (χ3n) is 5.47. The molecule has 10 nitrogen and oxygen atoms in total. The summed E-state index contributed by atoms with van der Waals surface area (Å²) >= 11 is 0. The Labute approximate surface area is 194 Å². The second-order valence-corrected chi connectivity index (χ2v) is 7.85. The molecule has 0 saturated carbocycles. The van der Waals surface area contributed by atoms with Crippen LogP contribution in [0, 0.1) is 0 Å². The molecule has 0 aliphatic carbocycles. The molecule has 0 bridgehead atoms. The first-order chi connectivity index (χ1) is 16.5. The lowest BCUT2D eigenvalue weighted by Crippen LogP contribution is -2.43. The van der Waals surface area contributed by atoms with Crippen LogP contribution in [0.2, 0.25) is 0 Å². The minimum absolute atomic E-state index is 0.0413. The number of carbonyl (C=O) groups is 2.